The molecule has 5 nitrogen and oxygen atoms in total. The lowest BCUT2D eigenvalue weighted by Gasteiger charge is -2.24. The molecule has 6 aromatic carbocycles. The van der Waals surface area contributed by atoms with Gasteiger partial charge in [0.05, 0.1) is 0 Å². The normalized spacial score (nSPS) is 15.0. The summed E-state index contributed by atoms with van der Waals surface area (Å²) in [5.74, 6) is 1.44. The van der Waals surface area contributed by atoms with Crippen LogP contribution in [0.15, 0.2) is 158 Å². The van der Waals surface area contributed by atoms with Crippen LogP contribution in [0.4, 0.5) is 0 Å². The fourth-order valence-corrected chi connectivity index (χ4v) is 6.22. The molecule has 1 N–H and O–H groups in total. The fourth-order valence-electron chi connectivity index (χ4n) is 6.22. The van der Waals surface area contributed by atoms with E-state index in [2.05, 4.69) is 66.0 Å². The Morgan fingerprint density at radius 3 is 1.98 bits per heavy atom. The first kappa shape index (κ1) is 24.6. The van der Waals surface area contributed by atoms with E-state index in [1.54, 1.807) is 0 Å². The maximum absolute atomic E-state index is 6.47. The van der Waals surface area contributed by atoms with E-state index in [1.165, 1.54) is 0 Å². The lowest BCUT2D eigenvalue weighted by Crippen LogP contribution is -2.33. The Morgan fingerprint density at radius 2 is 1.16 bits per heavy atom. The van der Waals surface area contributed by atoms with Crippen molar-refractivity contribution in [2.24, 2.45) is 9.98 Å². The summed E-state index contributed by atoms with van der Waals surface area (Å²) in [7, 11) is 0. The molecule has 8 aromatic rings. The Hall–Kier alpha value is -5.94. The van der Waals surface area contributed by atoms with Crippen molar-refractivity contribution in [1.29, 1.82) is 0 Å². The predicted octanol–water partition coefficient (Wildman–Crippen LogP) is 9.65. The molecule has 0 radical (unpaired) electrons. The molecule has 0 bridgehead atoms. The second-order valence-electron chi connectivity index (χ2n) is 11.0. The van der Waals surface area contributed by atoms with Gasteiger partial charge in [0, 0.05) is 32.7 Å². The van der Waals surface area contributed by atoms with Crippen LogP contribution in [0.3, 0.4) is 0 Å². The Balaban J connectivity index is 1.30. The molecule has 44 heavy (non-hydrogen) atoms. The molecule has 0 saturated heterocycles. The number of fused-ring (bicyclic) bond motifs is 6. The molecular formula is C39H25N3O2. The number of para-hydroxylation sites is 2. The summed E-state index contributed by atoms with van der Waals surface area (Å²) in [5.41, 5.74) is 8.45. The van der Waals surface area contributed by atoms with E-state index in [4.69, 9.17) is 18.8 Å². The minimum atomic E-state index is -0.301. The number of furan rings is 2. The number of rotatable bonds is 4. The lowest BCUT2D eigenvalue weighted by atomic mass is 9.96. The van der Waals surface area contributed by atoms with E-state index in [1.807, 2.05) is 78.9 Å². The first-order chi connectivity index (χ1) is 21.8. The number of nitrogens with one attached hydrogen (secondary N) is 1. The van der Waals surface area contributed by atoms with Gasteiger partial charge in [0.2, 0.25) is 0 Å². The molecule has 1 atom stereocenters. The highest BCUT2D eigenvalue weighted by atomic mass is 16.3. The van der Waals surface area contributed by atoms with Gasteiger partial charge in [0.1, 0.15) is 34.3 Å². The van der Waals surface area contributed by atoms with E-state index in [9.17, 15) is 0 Å². The molecule has 9 rings (SSSR count). The summed E-state index contributed by atoms with van der Waals surface area (Å²) in [4.78, 5) is 10.4. The fraction of sp³-hybridized carbons (Fsp3) is 0.0256. The van der Waals surface area contributed by atoms with Crippen LogP contribution in [0.5, 0.6) is 0 Å². The molecule has 0 saturated carbocycles. The van der Waals surface area contributed by atoms with Crippen LogP contribution >= 0.6 is 0 Å². The average molecular weight is 568 g/mol. The second kappa shape index (κ2) is 9.82. The molecule has 0 spiro atoms. The topological polar surface area (TPSA) is 63.0 Å². The number of hydrogen-bond donors (Lipinski definition) is 1. The largest absolute Gasteiger partial charge is 0.456 e. The number of hydrogen-bond acceptors (Lipinski definition) is 5. The van der Waals surface area contributed by atoms with Crippen molar-refractivity contribution in [3.63, 3.8) is 0 Å². The Morgan fingerprint density at radius 1 is 0.500 bits per heavy atom. The standard InChI is InChI=1S/C39H25N3O2/c1-3-11-24(12-4-1)37-40-38(25-13-5-2-6-14-25)42-39(41-37)31-22-27(23-35-36(31)29-16-8-10-18-33(29)44-35)26-19-20-34-30(21-26)28-15-7-9-17-32(28)43-34/h1-23,37H,(H,40,41,42). The van der Waals surface area contributed by atoms with E-state index in [-0.39, 0.29) is 6.17 Å². The first-order valence-corrected chi connectivity index (χ1v) is 14.7. The van der Waals surface area contributed by atoms with Crippen molar-refractivity contribution < 1.29 is 8.83 Å². The van der Waals surface area contributed by atoms with Gasteiger partial charge in [-0.1, -0.05) is 103 Å². The van der Waals surface area contributed by atoms with E-state index in [0.717, 1.165) is 77.5 Å². The van der Waals surface area contributed by atoms with Crippen LogP contribution in [0, 0.1) is 0 Å². The van der Waals surface area contributed by atoms with Crippen molar-refractivity contribution in [1.82, 2.24) is 5.32 Å². The predicted molar refractivity (Wildman–Crippen MR) is 178 cm³/mol. The molecule has 1 aliphatic rings. The van der Waals surface area contributed by atoms with Crippen LogP contribution in [0.25, 0.3) is 55.0 Å². The molecule has 208 valence electrons. The molecule has 2 aromatic heterocycles. The van der Waals surface area contributed by atoms with Gasteiger partial charge in [-0.2, -0.15) is 0 Å². The number of aliphatic imine (C=N–C) groups is 2. The lowest BCUT2D eigenvalue weighted by molar-refractivity contribution is 0.668. The van der Waals surface area contributed by atoms with Gasteiger partial charge in [-0.15, -0.1) is 0 Å². The zero-order valence-corrected chi connectivity index (χ0v) is 23.6. The zero-order valence-electron chi connectivity index (χ0n) is 23.6. The monoisotopic (exact) mass is 567 g/mol. The van der Waals surface area contributed by atoms with Gasteiger partial charge in [-0.25, -0.2) is 9.98 Å². The van der Waals surface area contributed by atoms with Crippen LogP contribution in [-0.2, 0) is 0 Å². The first-order valence-electron chi connectivity index (χ1n) is 14.7. The van der Waals surface area contributed by atoms with E-state index < -0.39 is 0 Å². The van der Waals surface area contributed by atoms with Crippen molar-refractivity contribution in [3.8, 4) is 11.1 Å². The average Bonchev–Trinajstić information content (AvgIpc) is 3.66. The summed E-state index contributed by atoms with van der Waals surface area (Å²) in [6, 6.07) is 47.5. The van der Waals surface area contributed by atoms with E-state index in [0.29, 0.717) is 5.84 Å². The molecule has 3 heterocycles. The summed E-state index contributed by atoms with van der Waals surface area (Å²) in [6.45, 7) is 0. The van der Waals surface area contributed by atoms with Crippen molar-refractivity contribution in [2.75, 3.05) is 0 Å². The molecule has 0 fully saturated rings. The number of amidine groups is 2. The van der Waals surface area contributed by atoms with Crippen LogP contribution in [0.2, 0.25) is 0 Å². The minimum absolute atomic E-state index is 0.301. The van der Waals surface area contributed by atoms with Crippen molar-refractivity contribution in [3.05, 3.63) is 156 Å². The Bertz CT molecular complexity index is 2420. The van der Waals surface area contributed by atoms with Gasteiger partial charge >= 0.3 is 0 Å². The van der Waals surface area contributed by atoms with Gasteiger partial charge in [-0.3, -0.25) is 0 Å². The zero-order chi connectivity index (χ0) is 29.0. The number of nitrogens with zero attached hydrogens (tertiary/aromatic N) is 2. The van der Waals surface area contributed by atoms with Crippen LogP contribution < -0.4 is 5.32 Å². The second-order valence-corrected chi connectivity index (χ2v) is 11.0. The quantitative estimate of drug-likeness (QED) is 0.230. The molecule has 1 unspecified atom stereocenters. The third kappa shape index (κ3) is 4.02. The third-order valence-electron chi connectivity index (χ3n) is 8.33. The van der Waals surface area contributed by atoms with Crippen LogP contribution in [-0.4, -0.2) is 11.7 Å². The summed E-state index contributed by atoms with van der Waals surface area (Å²) < 4.78 is 12.6. The SMILES string of the molecule is c1ccc(C2=NC(c3cc(-c4ccc5oc6ccccc6c5c4)cc4oc5ccccc5c34)=NC(c3ccccc3)N2)cc1. The van der Waals surface area contributed by atoms with Gasteiger partial charge < -0.3 is 14.2 Å². The summed E-state index contributed by atoms with van der Waals surface area (Å²) >= 11 is 0. The molecule has 5 heteroatoms. The highest BCUT2D eigenvalue weighted by Crippen LogP contribution is 2.38. The highest BCUT2D eigenvalue weighted by Gasteiger charge is 2.24. The number of benzene rings is 6. The van der Waals surface area contributed by atoms with Crippen molar-refractivity contribution >= 4 is 55.5 Å². The van der Waals surface area contributed by atoms with Gasteiger partial charge in [0.25, 0.3) is 0 Å². The van der Waals surface area contributed by atoms with Gasteiger partial charge in [-0.05, 0) is 53.1 Å². The molecule has 0 amide bonds. The molecular weight excluding hydrogens is 542 g/mol. The Labute approximate surface area is 252 Å². The maximum atomic E-state index is 6.47. The smallest absolute Gasteiger partial charge is 0.160 e. The summed E-state index contributed by atoms with van der Waals surface area (Å²) in [5, 5.41) is 7.79. The van der Waals surface area contributed by atoms with Crippen molar-refractivity contribution in [2.45, 2.75) is 6.17 Å². The summed E-state index contributed by atoms with van der Waals surface area (Å²) in [6.07, 6.45) is -0.301. The van der Waals surface area contributed by atoms with Gasteiger partial charge in [0.15, 0.2) is 5.84 Å². The minimum Gasteiger partial charge on any atom is -0.456 e. The van der Waals surface area contributed by atoms with E-state index >= 15 is 0 Å². The highest BCUT2D eigenvalue weighted by molar-refractivity contribution is 6.22. The van der Waals surface area contributed by atoms with Crippen LogP contribution in [0.1, 0.15) is 22.9 Å². The third-order valence-corrected chi connectivity index (χ3v) is 8.33. The Kier molecular flexibility index (Phi) is 5.50. The maximum Gasteiger partial charge on any atom is 0.160 e. The molecule has 1 aliphatic heterocycles. The molecule has 0 aliphatic carbocycles.